The average molecular weight is 452 g/mol. The first-order chi connectivity index (χ1) is 15.1. The summed E-state index contributed by atoms with van der Waals surface area (Å²) in [6, 6.07) is 10.7. The molecule has 12 heteroatoms. The number of aromatic hydroxyl groups is 1. The number of fused-ring (bicyclic) bond motifs is 1. The number of H-pyrrole nitrogens is 1. The molecule has 4 rings (SSSR count). The van der Waals surface area contributed by atoms with Crippen LogP contribution in [0.5, 0.6) is 11.5 Å². The number of carboxylic acid groups (broad SMARTS) is 1. The molecule has 1 aliphatic rings. The summed E-state index contributed by atoms with van der Waals surface area (Å²) in [7, 11) is 0. The molecule has 0 atom stereocenters. The predicted octanol–water partition coefficient (Wildman–Crippen LogP) is 2.27. The van der Waals surface area contributed by atoms with Crippen LogP contribution in [0.2, 0.25) is 0 Å². The molecule has 32 heavy (non-hydrogen) atoms. The fraction of sp³-hybridized carbons (Fsp3) is 0.250. The lowest BCUT2D eigenvalue weighted by Gasteiger charge is -2.27. The van der Waals surface area contributed by atoms with Gasteiger partial charge in [-0.15, -0.1) is 0 Å². The molecular formula is C20H19F3N4O5. The van der Waals surface area contributed by atoms with E-state index in [1.165, 1.54) is 0 Å². The van der Waals surface area contributed by atoms with Gasteiger partial charge in [-0.05, 0) is 35.4 Å². The highest BCUT2D eigenvalue weighted by Crippen LogP contribution is 2.34. The topological polar surface area (TPSA) is 151 Å². The van der Waals surface area contributed by atoms with Crippen LogP contribution in [0, 0.1) is 5.92 Å². The van der Waals surface area contributed by atoms with Crippen LogP contribution in [0.15, 0.2) is 36.4 Å². The van der Waals surface area contributed by atoms with Crippen LogP contribution < -0.4 is 15.8 Å². The van der Waals surface area contributed by atoms with Gasteiger partial charge in [0.25, 0.3) is 5.91 Å². The van der Waals surface area contributed by atoms with Gasteiger partial charge >= 0.3 is 12.1 Å². The number of aliphatic carboxylic acids is 1. The van der Waals surface area contributed by atoms with Crippen molar-refractivity contribution in [3.8, 4) is 22.6 Å². The Balaban J connectivity index is 0.000000360. The van der Waals surface area contributed by atoms with E-state index in [0.717, 1.165) is 24.2 Å². The molecule has 2 aromatic carbocycles. The highest BCUT2D eigenvalue weighted by Gasteiger charge is 2.38. The fourth-order valence-electron chi connectivity index (χ4n) is 2.91. The van der Waals surface area contributed by atoms with Crippen LogP contribution in [0.25, 0.3) is 22.0 Å². The summed E-state index contributed by atoms with van der Waals surface area (Å²) >= 11 is 0. The summed E-state index contributed by atoms with van der Waals surface area (Å²) in [5.41, 5.74) is 8.11. The Kier molecular flexibility index (Phi) is 6.53. The van der Waals surface area contributed by atoms with E-state index in [-0.39, 0.29) is 11.4 Å². The number of ether oxygens (including phenoxy) is 1. The van der Waals surface area contributed by atoms with E-state index < -0.39 is 18.1 Å². The standard InChI is InChI=1S/C18H18N4O3.C2HF3O2/c19-18(24)17-16-14(21-22-17)5-12(11-1-3-13(23)4-2-11)6-15(16)25-9-10-7-20-8-10;3-2(4,5)1(6)7/h1-6,10,20,23H,7-9H2,(H2,19,24)(H,21,22);(H,6,7). The van der Waals surface area contributed by atoms with Crippen molar-refractivity contribution in [1.82, 2.24) is 15.5 Å². The maximum Gasteiger partial charge on any atom is 0.490 e. The number of carbonyl (C=O) groups is 2. The van der Waals surface area contributed by atoms with E-state index in [1.54, 1.807) is 12.1 Å². The van der Waals surface area contributed by atoms with Crippen LogP contribution in [0.3, 0.4) is 0 Å². The highest BCUT2D eigenvalue weighted by molar-refractivity contribution is 6.07. The normalized spacial score (nSPS) is 13.7. The Hall–Kier alpha value is -3.80. The number of aromatic nitrogens is 2. The molecule has 0 saturated carbocycles. The number of hydrogen-bond acceptors (Lipinski definition) is 6. The molecule has 170 valence electrons. The monoisotopic (exact) mass is 452 g/mol. The van der Waals surface area contributed by atoms with Crippen LogP contribution in [-0.4, -0.2) is 58.2 Å². The number of primary amides is 1. The van der Waals surface area contributed by atoms with Crippen molar-refractivity contribution in [2.75, 3.05) is 19.7 Å². The number of phenols is 1. The van der Waals surface area contributed by atoms with Gasteiger partial charge in [-0.2, -0.15) is 18.3 Å². The maximum atomic E-state index is 11.7. The van der Waals surface area contributed by atoms with Crippen LogP contribution in [0.4, 0.5) is 13.2 Å². The molecule has 3 aromatic rings. The second-order valence-corrected chi connectivity index (χ2v) is 7.02. The number of nitrogens with one attached hydrogen (secondary N) is 2. The molecule has 0 spiro atoms. The smallest absolute Gasteiger partial charge is 0.490 e. The number of halogens is 3. The minimum Gasteiger partial charge on any atom is -0.508 e. The lowest BCUT2D eigenvalue weighted by molar-refractivity contribution is -0.192. The Morgan fingerprint density at radius 3 is 2.28 bits per heavy atom. The number of phenolic OH excluding ortho intramolecular Hbond substituents is 1. The van der Waals surface area contributed by atoms with Crippen LogP contribution in [-0.2, 0) is 4.79 Å². The second-order valence-electron chi connectivity index (χ2n) is 7.02. The van der Waals surface area contributed by atoms with Crippen LogP contribution >= 0.6 is 0 Å². The van der Waals surface area contributed by atoms with Gasteiger partial charge in [0.05, 0.1) is 17.5 Å². The summed E-state index contributed by atoms with van der Waals surface area (Å²) in [6.45, 7) is 2.41. The van der Waals surface area contributed by atoms with Gasteiger partial charge in [0, 0.05) is 19.0 Å². The van der Waals surface area contributed by atoms with Gasteiger partial charge in [0.15, 0.2) is 5.69 Å². The molecular weight excluding hydrogens is 433 g/mol. The number of carbonyl (C=O) groups excluding carboxylic acids is 1. The SMILES string of the molecule is NC(=O)c1n[nH]c2cc(-c3ccc(O)cc3)cc(OCC3CNC3)c12.O=C(O)C(F)(F)F. The summed E-state index contributed by atoms with van der Waals surface area (Å²) in [6.07, 6.45) is -5.08. The third-order valence-electron chi connectivity index (χ3n) is 4.64. The van der Waals surface area contributed by atoms with Crippen molar-refractivity contribution in [1.29, 1.82) is 0 Å². The minimum absolute atomic E-state index is 0.175. The van der Waals surface area contributed by atoms with Crippen molar-refractivity contribution >= 4 is 22.8 Å². The number of nitrogens with two attached hydrogens (primary N) is 1. The van der Waals surface area contributed by atoms with Gasteiger partial charge in [0.2, 0.25) is 0 Å². The third kappa shape index (κ3) is 5.27. The van der Waals surface area contributed by atoms with Crippen molar-refractivity contribution in [3.63, 3.8) is 0 Å². The predicted molar refractivity (Wildman–Crippen MR) is 107 cm³/mol. The number of alkyl halides is 3. The van der Waals surface area contributed by atoms with E-state index in [2.05, 4.69) is 15.5 Å². The number of nitrogens with zero attached hydrogens (tertiary/aromatic N) is 1. The zero-order valence-electron chi connectivity index (χ0n) is 16.4. The fourth-order valence-corrected chi connectivity index (χ4v) is 2.91. The highest BCUT2D eigenvalue weighted by atomic mass is 19.4. The molecule has 0 unspecified atom stereocenters. The molecule has 1 saturated heterocycles. The van der Waals surface area contributed by atoms with E-state index >= 15 is 0 Å². The first-order valence-corrected chi connectivity index (χ1v) is 9.31. The van der Waals surface area contributed by atoms with Crippen LogP contribution in [0.1, 0.15) is 10.5 Å². The molecule has 2 heterocycles. The average Bonchev–Trinajstić information content (AvgIpc) is 3.11. The molecule has 6 N–H and O–H groups in total. The number of hydrogen-bond donors (Lipinski definition) is 5. The Labute approximate surface area is 179 Å². The molecule has 0 aliphatic carbocycles. The van der Waals surface area contributed by atoms with Crippen molar-refractivity contribution in [3.05, 3.63) is 42.1 Å². The van der Waals surface area contributed by atoms with Gasteiger partial charge < -0.3 is 26.0 Å². The third-order valence-corrected chi connectivity index (χ3v) is 4.64. The second kappa shape index (κ2) is 9.14. The number of rotatable bonds is 5. The number of amides is 1. The molecule has 1 amide bonds. The van der Waals surface area contributed by atoms with Gasteiger partial charge in [0.1, 0.15) is 11.5 Å². The molecule has 1 aromatic heterocycles. The van der Waals surface area contributed by atoms with E-state index in [9.17, 15) is 23.1 Å². The minimum atomic E-state index is -5.08. The largest absolute Gasteiger partial charge is 0.508 e. The maximum absolute atomic E-state index is 11.7. The molecule has 0 radical (unpaired) electrons. The number of benzene rings is 2. The van der Waals surface area contributed by atoms with Gasteiger partial charge in [-0.25, -0.2) is 4.79 Å². The van der Waals surface area contributed by atoms with Crippen molar-refractivity contribution in [2.45, 2.75) is 6.18 Å². The first-order valence-electron chi connectivity index (χ1n) is 9.31. The van der Waals surface area contributed by atoms with Crippen molar-refractivity contribution in [2.24, 2.45) is 11.7 Å². The van der Waals surface area contributed by atoms with Crippen molar-refractivity contribution < 1.29 is 37.7 Å². The Morgan fingerprint density at radius 2 is 1.78 bits per heavy atom. The molecule has 1 aliphatic heterocycles. The molecule has 1 fully saturated rings. The Morgan fingerprint density at radius 1 is 1.16 bits per heavy atom. The van der Waals surface area contributed by atoms with Gasteiger partial charge in [-0.1, -0.05) is 12.1 Å². The van der Waals surface area contributed by atoms with E-state index in [1.807, 2.05) is 24.3 Å². The first kappa shape index (κ1) is 22.9. The Bertz CT molecular complexity index is 1120. The number of aromatic amines is 1. The zero-order valence-corrected chi connectivity index (χ0v) is 16.4. The summed E-state index contributed by atoms with van der Waals surface area (Å²) in [5, 5.41) is 27.3. The van der Waals surface area contributed by atoms with E-state index in [0.29, 0.717) is 29.2 Å². The lowest BCUT2D eigenvalue weighted by Crippen LogP contribution is -2.45. The molecule has 0 bridgehead atoms. The molecule has 9 nitrogen and oxygen atoms in total. The van der Waals surface area contributed by atoms with E-state index in [4.69, 9.17) is 20.4 Å². The summed E-state index contributed by atoms with van der Waals surface area (Å²) < 4.78 is 37.7. The summed E-state index contributed by atoms with van der Waals surface area (Å²) in [4.78, 5) is 20.6. The number of carboxylic acids is 1. The quantitative estimate of drug-likeness (QED) is 0.398. The lowest BCUT2D eigenvalue weighted by atomic mass is 10.0. The summed E-state index contributed by atoms with van der Waals surface area (Å²) in [5.74, 6) is -2.12. The van der Waals surface area contributed by atoms with Gasteiger partial charge in [-0.3, -0.25) is 9.89 Å². The zero-order chi connectivity index (χ0) is 23.5.